The van der Waals surface area contributed by atoms with Crippen molar-refractivity contribution in [3.63, 3.8) is 0 Å². The Balaban J connectivity index is 2.17. The highest BCUT2D eigenvalue weighted by molar-refractivity contribution is 5.33. The normalized spacial score (nSPS) is 11.6. The first-order valence-electron chi connectivity index (χ1n) is 5.10. The highest BCUT2D eigenvalue weighted by Crippen LogP contribution is 2.31. The van der Waals surface area contributed by atoms with Crippen LogP contribution in [0.2, 0.25) is 0 Å². The topological polar surface area (TPSA) is 55.6 Å². The number of halogens is 3. The molecule has 1 N–H and O–H groups in total. The Morgan fingerprint density at radius 3 is 2.61 bits per heavy atom. The van der Waals surface area contributed by atoms with Gasteiger partial charge in [-0.05, 0) is 22.1 Å². The number of tetrazole rings is 1. The summed E-state index contributed by atoms with van der Waals surface area (Å²) < 4.78 is 39.5. The molecule has 0 atom stereocenters. The molecular weight excluding hydrogens is 247 g/mol. The highest BCUT2D eigenvalue weighted by atomic mass is 19.4. The molecule has 1 aromatic carbocycles. The van der Waals surface area contributed by atoms with Gasteiger partial charge in [-0.25, -0.2) is 4.68 Å². The lowest BCUT2D eigenvalue weighted by Gasteiger charge is -2.12. The first kappa shape index (κ1) is 12.3. The van der Waals surface area contributed by atoms with Crippen molar-refractivity contribution in [2.45, 2.75) is 12.7 Å². The van der Waals surface area contributed by atoms with Gasteiger partial charge >= 0.3 is 6.18 Å². The Kier molecular flexibility index (Phi) is 3.17. The van der Waals surface area contributed by atoms with Gasteiger partial charge in [-0.15, -0.1) is 0 Å². The van der Waals surface area contributed by atoms with Crippen LogP contribution in [0.1, 0.15) is 11.1 Å². The predicted octanol–water partition coefficient (Wildman–Crippen LogP) is 1.84. The average molecular weight is 257 g/mol. The van der Waals surface area contributed by atoms with Crippen molar-refractivity contribution in [1.29, 1.82) is 0 Å². The molecule has 0 amide bonds. The van der Waals surface area contributed by atoms with Crippen LogP contribution in [-0.2, 0) is 19.8 Å². The van der Waals surface area contributed by atoms with Crippen LogP contribution in [0.25, 0.3) is 0 Å². The number of hydrogen-bond acceptors (Lipinski definition) is 4. The van der Waals surface area contributed by atoms with E-state index in [-0.39, 0.29) is 12.1 Å². The molecule has 0 saturated heterocycles. The van der Waals surface area contributed by atoms with Gasteiger partial charge in [-0.3, -0.25) is 0 Å². The Hall–Kier alpha value is -2.12. The largest absolute Gasteiger partial charge is 0.416 e. The molecular formula is C10H10F3N5. The summed E-state index contributed by atoms with van der Waals surface area (Å²) in [5, 5.41) is 13.3. The second-order valence-corrected chi connectivity index (χ2v) is 3.63. The van der Waals surface area contributed by atoms with E-state index in [1.54, 1.807) is 13.1 Å². The molecule has 1 aromatic heterocycles. The number of nitrogens with zero attached hydrogens (tertiary/aromatic N) is 4. The first-order chi connectivity index (χ1) is 8.48. The molecule has 96 valence electrons. The van der Waals surface area contributed by atoms with Crippen molar-refractivity contribution in [2.24, 2.45) is 7.05 Å². The minimum absolute atomic E-state index is 0.00387. The summed E-state index contributed by atoms with van der Waals surface area (Å²) in [5.74, 6) is 0.312. The Bertz CT molecular complexity index is 534. The molecule has 0 bridgehead atoms. The van der Waals surface area contributed by atoms with Crippen molar-refractivity contribution in [1.82, 2.24) is 20.2 Å². The zero-order chi connectivity index (χ0) is 13.2. The van der Waals surface area contributed by atoms with Gasteiger partial charge in [0.05, 0.1) is 5.56 Å². The highest BCUT2D eigenvalue weighted by Gasteiger charge is 2.32. The maximum Gasteiger partial charge on any atom is 0.416 e. The van der Waals surface area contributed by atoms with E-state index in [2.05, 4.69) is 20.8 Å². The third-order valence-electron chi connectivity index (χ3n) is 2.38. The van der Waals surface area contributed by atoms with Gasteiger partial charge in [-0.2, -0.15) is 13.2 Å². The van der Waals surface area contributed by atoms with Gasteiger partial charge in [0.1, 0.15) is 0 Å². The summed E-state index contributed by atoms with van der Waals surface area (Å²) in [7, 11) is 1.60. The van der Waals surface area contributed by atoms with Crippen molar-refractivity contribution >= 4 is 5.95 Å². The summed E-state index contributed by atoms with van der Waals surface area (Å²) in [6, 6.07) is 5.38. The zero-order valence-corrected chi connectivity index (χ0v) is 9.44. The van der Waals surface area contributed by atoms with Gasteiger partial charge in [0, 0.05) is 13.6 Å². The Morgan fingerprint density at radius 2 is 2.00 bits per heavy atom. The fourth-order valence-corrected chi connectivity index (χ4v) is 1.50. The molecule has 0 aliphatic heterocycles. The van der Waals surface area contributed by atoms with Crippen LogP contribution in [0, 0.1) is 0 Å². The molecule has 0 spiro atoms. The fourth-order valence-electron chi connectivity index (χ4n) is 1.50. The summed E-state index contributed by atoms with van der Waals surface area (Å²) >= 11 is 0. The molecule has 0 aliphatic carbocycles. The smallest absolute Gasteiger partial charge is 0.349 e. The maximum atomic E-state index is 12.7. The molecule has 5 nitrogen and oxygen atoms in total. The van der Waals surface area contributed by atoms with Crippen LogP contribution in [-0.4, -0.2) is 20.2 Å². The van der Waals surface area contributed by atoms with Crippen molar-refractivity contribution in [3.05, 3.63) is 35.4 Å². The fraction of sp³-hybridized carbons (Fsp3) is 0.300. The standard InChI is InChI=1S/C10H10F3N5/c1-18-9(15-16-17-18)14-6-7-4-2-3-5-8(7)10(11,12)13/h2-5H,6H2,1H3,(H,14,15,17). The van der Waals surface area contributed by atoms with Crippen LogP contribution in [0.4, 0.5) is 19.1 Å². The van der Waals surface area contributed by atoms with E-state index in [1.165, 1.54) is 16.8 Å². The molecule has 0 unspecified atom stereocenters. The van der Waals surface area contributed by atoms with Crippen LogP contribution in [0.3, 0.4) is 0 Å². The lowest BCUT2D eigenvalue weighted by Crippen LogP contribution is -2.13. The van der Waals surface area contributed by atoms with Crippen LogP contribution >= 0.6 is 0 Å². The summed E-state index contributed by atoms with van der Waals surface area (Å²) in [6.45, 7) is 0.00387. The van der Waals surface area contributed by atoms with E-state index < -0.39 is 11.7 Å². The number of benzene rings is 1. The van der Waals surface area contributed by atoms with E-state index in [4.69, 9.17) is 0 Å². The predicted molar refractivity (Wildman–Crippen MR) is 57.6 cm³/mol. The summed E-state index contributed by atoms with van der Waals surface area (Å²) in [6.07, 6.45) is -4.36. The second kappa shape index (κ2) is 4.63. The molecule has 2 aromatic rings. The van der Waals surface area contributed by atoms with Crippen LogP contribution in [0.5, 0.6) is 0 Å². The van der Waals surface area contributed by atoms with E-state index >= 15 is 0 Å². The van der Waals surface area contributed by atoms with E-state index in [0.29, 0.717) is 5.95 Å². The van der Waals surface area contributed by atoms with Crippen LogP contribution < -0.4 is 5.32 Å². The van der Waals surface area contributed by atoms with Gasteiger partial charge in [0.25, 0.3) is 0 Å². The van der Waals surface area contributed by atoms with Crippen molar-refractivity contribution in [2.75, 3.05) is 5.32 Å². The number of rotatable bonds is 3. The minimum Gasteiger partial charge on any atom is -0.349 e. The number of hydrogen-bond donors (Lipinski definition) is 1. The van der Waals surface area contributed by atoms with Gasteiger partial charge in [0.2, 0.25) is 5.95 Å². The summed E-state index contributed by atoms with van der Waals surface area (Å²) in [5.41, 5.74) is -0.513. The van der Waals surface area contributed by atoms with E-state index in [0.717, 1.165) is 6.07 Å². The molecule has 0 radical (unpaired) electrons. The van der Waals surface area contributed by atoms with Gasteiger partial charge in [-0.1, -0.05) is 23.3 Å². The molecule has 0 saturated carbocycles. The zero-order valence-electron chi connectivity index (χ0n) is 9.44. The molecule has 8 heteroatoms. The van der Waals surface area contributed by atoms with Gasteiger partial charge in [0.15, 0.2) is 0 Å². The first-order valence-corrected chi connectivity index (χ1v) is 5.10. The van der Waals surface area contributed by atoms with Gasteiger partial charge < -0.3 is 5.32 Å². The average Bonchev–Trinajstić information content (AvgIpc) is 2.71. The molecule has 1 heterocycles. The lowest BCUT2D eigenvalue weighted by atomic mass is 10.1. The molecule has 2 rings (SSSR count). The number of anilines is 1. The Morgan fingerprint density at radius 1 is 1.28 bits per heavy atom. The molecule has 0 fully saturated rings. The SMILES string of the molecule is Cn1nnnc1NCc1ccccc1C(F)(F)F. The van der Waals surface area contributed by atoms with Crippen molar-refractivity contribution < 1.29 is 13.2 Å². The maximum absolute atomic E-state index is 12.7. The monoisotopic (exact) mass is 257 g/mol. The third kappa shape index (κ3) is 2.58. The number of alkyl halides is 3. The quantitative estimate of drug-likeness (QED) is 0.911. The number of nitrogens with one attached hydrogen (secondary N) is 1. The van der Waals surface area contributed by atoms with E-state index in [9.17, 15) is 13.2 Å². The van der Waals surface area contributed by atoms with E-state index in [1.807, 2.05) is 0 Å². The van der Waals surface area contributed by atoms with Crippen LogP contribution in [0.15, 0.2) is 24.3 Å². The molecule has 0 aliphatic rings. The third-order valence-corrected chi connectivity index (χ3v) is 2.38. The lowest BCUT2D eigenvalue weighted by molar-refractivity contribution is -0.138. The Labute approximate surface area is 101 Å². The van der Waals surface area contributed by atoms with Crippen molar-refractivity contribution in [3.8, 4) is 0 Å². The minimum atomic E-state index is -4.36. The molecule has 18 heavy (non-hydrogen) atoms. The number of aromatic nitrogens is 4. The second-order valence-electron chi connectivity index (χ2n) is 3.63. The summed E-state index contributed by atoms with van der Waals surface area (Å²) in [4.78, 5) is 0. The number of aryl methyl sites for hydroxylation is 1.